The standard InChI is InChI=1S/C22H32O4/c1-2-25-22(24)17-14-20-12-15-21(16-13-20)26-19-11-9-7-5-3-4-6-8-10-18-23/h12-13,15-16,23H,2-11,18-19H2,1H3. The Bertz CT molecular complexity index is 540. The number of carbonyl (C=O) groups is 1. The summed E-state index contributed by atoms with van der Waals surface area (Å²) in [4.78, 5) is 11.2. The van der Waals surface area contributed by atoms with Crippen LogP contribution in [-0.4, -0.2) is 30.9 Å². The molecule has 0 amide bonds. The fourth-order valence-electron chi connectivity index (χ4n) is 2.57. The van der Waals surface area contributed by atoms with Crippen molar-refractivity contribution in [3.63, 3.8) is 0 Å². The molecule has 0 spiro atoms. The van der Waals surface area contributed by atoms with Gasteiger partial charge in [0.05, 0.1) is 13.2 Å². The van der Waals surface area contributed by atoms with Crippen LogP contribution in [0.4, 0.5) is 0 Å². The van der Waals surface area contributed by atoms with E-state index >= 15 is 0 Å². The number of benzene rings is 1. The van der Waals surface area contributed by atoms with Crippen molar-refractivity contribution in [2.24, 2.45) is 0 Å². The first-order valence-electron chi connectivity index (χ1n) is 9.78. The van der Waals surface area contributed by atoms with E-state index in [4.69, 9.17) is 14.6 Å². The minimum atomic E-state index is -0.502. The Morgan fingerprint density at radius 2 is 1.50 bits per heavy atom. The molecule has 0 aromatic heterocycles. The van der Waals surface area contributed by atoms with Gasteiger partial charge in [-0.3, -0.25) is 0 Å². The summed E-state index contributed by atoms with van der Waals surface area (Å²) in [7, 11) is 0. The van der Waals surface area contributed by atoms with Gasteiger partial charge < -0.3 is 14.6 Å². The molecule has 0 aliphatic heterocycles. The average molecular weight is 360 g/mol. The van der Waals surface area contributed by atoms with Crippen molar-refractivity contribution in [1.82, 2.24) is 0 Å². The third-order valence-corrected chi connectivity index (χ3v) is 4.01. The summed E-state index contributed by atoms with van der Waals surface area (Å²) in [6.45, 7) is 3.14. The van der Waals surface area contributed by atoms with Crippen molar-refractivity contribution < 1.29 is 19.4 Å². The summed E-state index contributed by atoms with van der Waals surface area (Å²) >= 11 is 0. The van der Waals surface area contributed by atoms with Gasteiger partial charge in [0.15, 0.2) is 0 Å². The van der Waals surface area contributed by atoms with Crippen LogP contribution in [0.15, 0.2) is 24.3 Å². The predicted octanol–water partition coefficient (Wildman–Crippen LogP) is 4.48. The topological polar surface area (TPSA) is 55.8 Å². The molecule has 0 aliphatic carbocycles. The zero-order valence-electron chi connectivity index (χ0n) is 16.0. The molecule has 0 fully saturated rings. The highest BCUT2D eigenvalue weighted by Gasteiger charge is 1.97. The van der Waals surface area contributed by atoms with Gasteiger partial charge in [-0.05, 0) is 44.0 Å². The first-order valence-corrected chi connectivity index (χ1v) is 9.78. The zero-order chi connectivity index (χ0) is 18.9. The van der Waals surface area contributed by atoms with E-state index in [1.165, 1.54) is 38.5 Å². The molecule has 0 saturated heterocycles. The van der Waals surface area contributed by atoms with Crippen molar-refractivity contribution in [1.29, 1.82) is 0 Å². The fourth-order valence-corrected chi connectivity index (χ4v) is 2.57. The van der Waals surface area contributed by atoms with Crippen LogP contribution >= 0.6 is 0 Å². The molecule has 1 rings (SSSR count). The number of aliphatic hydroxyl groups is 1. The highest BCUT2D eigenvalue weighted by atomic mass is 16.5. The molecule has 0 saturated carbocycles. The fraction of sp³-hybridized carbons (Fsp3) is 0.591. The molecule has 1 aromatic carbocycles. The number of aliphatic hydroxyl groups excluding tert-OH is 1. The molecule has 0 atom stereocenters. The summed E-state index contributed by atoms with van der Waals surface area (Å²) in [5, 5.41) is 8.71. The van der Waals surface area contributed by atoms with Gasteiger partial charge in [0.25, 0.3) is 0 Å². The van der Waals surface area contributed by atoms with Crippen molar-refractivity contribution in [2.45, 2.75) is 64.7 Å². The molecular formula is C22H32O4. The molecule has 26 heavy (non-hydrogen) atoms. The molecular weight excluding hydrogens is 328 g/mol. The van der Waals surface area contributed by atoms with Gasteiger partial charge in [0, 0.05) is 18.1 Å². The zero-order valence-corrected chi connectivity index (χ0v) is 16.0. The van der Waals surface area contributed by atoms with Gasteiger partial charge in [-0.15, -0.1) is 0 Å². The molecule has 0 bridgehead atoms. The number of hydrogen-bond acceptors (Lipinski definition) is 4. The number of carbonyl (C=O) groups excluding carboxylic acids is 1. The van der Waals surface area contributed by atoms with Crippen molar-refractivity contribution in [3.05, 3.63) is 29.8 Å². The normalized spacial score (nSPS) is 10.1. The minimum absolute atomic E-state index is 0.323. The summed E-state index contributed by atoms with van der Waals surface area (Å²) in [6, 6.07) is 7.44. The number of ether oxygens (including phenoxy) is 2. The van der Waals surface area contributed by atoms with Gasteiger partial charge in [0.1, 0.15) is 5.75 Å². The van der Waals surface area contributed by atoms with Crippen LogP contribution in [0, 0.1) is 11.8 Å². The van der Waals surface area contributed by atoms with Gasteiger partial charge >= 0.3 is 5.97 Å². The molecule has 4 heteroatoms. The van der Waals surface area contributed by atoms with Crippen LogP contribution < -0.4 is 4.74 Å². The van der Waals surface area contributed by atoms with E-state index in [9.17, 15) is 4.79 Å². The highest BCUT2D eigenvalue weighted by molar-refractivity contribution is 5.89. The first-order chi connectivity index (χ1) is 12.8. The Morgan fingerprint density at radius 3 is 2.08 bits per heavy atom. The van der Waals surface area contributed by atoms with Gasteiger partial charge in [0.2, 0.25) is 0 Å². The van der Waals surface area contributed by atoms with E-state index in [0.29, 0.717) is 13.2 Å². The second kappa shape index (κ2) is 15.3. The third kappa shape index (κ3) is 11.5. The lowest BCUT2D eigenvalue weighted by atomic mass is 10.1. The Kier molecular flexibility index (Phi) is 13.0. The Hall–Kier alpha value is -1.99. The van der Waals surface area contributed by atoms with Crippen molar-refractivity contribution in [3.8, 4) is 17.6 Å². The summed E-state index contributed by atoms with van der Waals surface area (Å²) in [5.41, 5.74) is 0.768. The van der Waals surface area contributed by atoms with Crippen molar-refractivity contribution >= 4 is 5.97 Å². The maximum atomic E-state index is 11.2. The second-order valence-corrected chi connectivity index (χ2v) is 6.25. The predicted molar refractivity (Wildman–Crippen MR) is 104 cm³/mol. The summed E-state index contributed by atoms with van der Waals surface area (Å²) in [5.74, 6) is 5.55. The minimum Gasteiger partial charge on any atom is -0.494 e. The molecule has 0 aliphatic rings. The molecule has 0 heterocycles. The Balaban J connectivity index is 2.06. The molecule has 1 N–H and O–H groups in total. The maximum Gasteiger partial charge on any atom is 0.384 e. The number of esters is 1. The number of unbranched alkanes of at least 4 members (excludes halogenated alkanes) is 8. The summed E-state index contributed by atoms with van der Waals surface area (Å²) in [6.07, 6.45) is 10.7. The molecule has 0 radical (unpaired) electrons. The van der Waals surface area contributed by atoms with E-state index in [2.05, 4.69) is 11.8 Å². The SMILES string of the molecule is CCOC(=O)C#Cc1ccc(OCCCCCCCCCCCO)cc1. The van der Waals surface area contributed by atoms with E-state index in [-0.39, 0.29) is 0 Å². The van der Waals surface area contributed by atoms with Crippen LogP contribution in [-0.2, 0) is 9.53 Å². The van der Waals surface area contributed by atoms with Crippen LogP contribution in [0.1, 0.15) is 70.3 Å². The lowest BCUT2D eigenvalue weighted by Crippen LogP contribution is -1.99. The van der Waals surface area contributed by atoms with Crippen LogP contribution in [0.5, 0.6) is 5.75 Å². The lowest BCUT2D eigenvalue weighted by Gasteiger charge is -2.06. The summed E-state index contributed by atoms with van der Waals surface area (Å²) < 4.78 is 10.5. The molecule has 144 valence electrons. The maximum absolute atomic E-state index is 11.2. The van der Waals surface area contributed by atoms with E-state index < -0.39 is 5.97 Å². The monoisotopic (exact) mass is 360 g/mol. The molecule has 4 nitrogen and oxygen atoms in total. The van der Waals surface area contributed by atoms with Gasteiger partial charge in [-0.2, -0.15) is 0 Å². The van der Waals surface area contributed by atoms with Crippen LogP contribution in [0.2, 0.25) is 0 Å². The quantitative estimate of drug-likeness (QED) is 0.320. The average Bonchev–Trinajstić information content (AvgIpc) is 2.65. The number of rotatable bonds is 13. The first kappa shape index (κ1) is 22.1. The van der Waals surface area contributed by atoms with E-state index in [1.807, 2.05) is 24.3 Å². The molecule has 1 aromatic rings. The Morgan fingerprint density at radius 1 is 0.923 bits per heavy atom. The lowest BCUT2D eigenvalue weighted by molar-refractivity contribution is -0.136. The smallest absolute Gasteiger partial charge is 0.384 e. The molecule has 0 unspecified atom stereocenters. The van der Waals surface area contributed by atoms with E-state index in [0.717, 1.165) is 37.2 Å². The van der Waals surface area contributed by atoms with Gasteiger partial charge in [-0.1, -0.05) is 50.9 Å². The van der Waals surface area contributed by atoms with Gasteiger partial charge in [-0.25, -0.2) is 4.79 Å². The third-order valence-electron chi connectivity index (χ3n) is 4.01. The van der Waals surface area contributed by atoms with Crippen molar-refractivity contribution in [2.75, 3.05) is 19.8 Å². The second-order valence-electron chi connectivity index (χ2n) is 6.25. The van der Waals surface area contributed by atoms with Crippen LogP contribution in [0.3, 0.4) is 0 Å². The highest BCUT2D eigenvalue weighted by Crippen LogP contribution is 2.13. The Labute approximate surface area is 157 Å². The van der Waals surface area contributed by atoms with Crippen LogP contribution in [0.25, 0.3) is 0 Å². The number of hydrogen-bond donors (Lipinski definition) is 1. The van der Waals surface area contributed by atoms with E-state index in [1.54, 1.807) is 6.92 Å². The largest absolute Gasteiger partial charge is 0.494 e.